The van der Waals surface area contributed by atoms with Crippen molar-refractivity contribution in [2.45, 2.75) is 24.6 Å². The van der Waals surface area contributed by atoms with Gasteiger partial charge in [-0.05, 0) is 31.5 Å². The molecule has 0 saturated heterocycles. The van der Waals surface area contributed by atoms with Crippen LogP contribution >= 0.6 is 0 Å². The van der Waals surface area contributed by atoms with Crippen molar-refractivity contribution in [1.29, 1.82) is 0 Å². The number of alkyl halides is 3. The summed E-state index contributed by atoms with van der Waals surface area (Å²) in [6, 6.07) is 5.42. The molecule has 0 aliphatic heterocycles. The zero-order chi connectivity index (χ0) is 14.1. The molecule has 0 bridgehead atoms. The number of halogens is 3. The van der Waals surface area contributed by atoms with Crippen LogP contribution in [0.1, 0.15) is 24.0 Å². The number of rotatable bonds is 4. The second kappa shape index (κ2) is 4.85. The molecule has 1 aromatic carbocycles. The highest BCUT2D eigenvalue weighted by molar-refractivity contribution is 5.79. The van der Waals surface area contributed by atoms with Gasteiger partial charge in [0, 0.05) is 0 Å². The van der Waals surface area contributed by atoms with Crippen LogP contribution in [0, 0.1) is 0 Å². The van der Waals surface area contributed by atoms with Gasteiger partial charge in [0.15, 0.2) is 0 Å². The monoisotopic (exact) mass is 272 g/mol. The van der Waals surface area contributed by atoms with Crippen molar-refractivity contribution in [3.05, 3.63) is 35.4 Å². The molecule has 3 nitrogen and oxygen atoms in total. The van der Waals surface area contributed by atoms with Crippen LogP contribution in [-0.4, -0.2) is 19.5 Å². The number of likely N-dealkylation sites (N-methyl/N-ethyl adjacent to an activating group) is 1. The van der Waals surface area contributed by atoms with Crippen molar-refractivity contribution in [3.63, 3.8) is 0 Å². The van der Waals surface area contributed by atoms with E-state index in [1.54, 1.807) is 13.1 Å². The van der Waals surface area contributed by atoms with Crippen LogP contribution < -0.4 is 10.6 Å². The Morgan fingerprint density at radius 1 is 1.32 bits per heavy atom. The van der Waals surface area contributed by atoms with Crippen LogP contribution in [0.2, 0.25) is 0 Å². The van der Waals surface area contributed by atoms with Gasteiger partial charge in [-0.15, -0.1) is 0 Å². The Morgan fingerprint density at radius 3 is 2.47 bits per heavy atom. The molecule has 0 heterocycles. The number of hydrogen-bond acceptors (Lipinski definition) is 2. The number of nitrogens with one attached hydrogen (secondary N) is 2. The molecule has 1 saturated carbocycles. The molecule has 0 unspecified atom stereocenters. The van der Waals surface area contributed by atoms with E-state index in [0.717, 1.165) is 6.07 Å². The van der Waals surface area contributed by atoms with E-state index in [9.17, 15) is 18.0 Å². The van der Waals surface area contributed by atoms with Crippen LogP contribution in [0.15, 0.2) is 24.3 Å². The van der Waals surface area contributed by atoms with Gasteiger partial charge in [-0.3, -0.25) is 4.79 Å². The first-order chi connectivity index (χ1) is 8.89. The first-order valence-electron chi connectivity index (χ1n) is 6.01. The first-order valence-corrected chi connectivity index (χ1v) is 6.01. The Hall–Kier alpha value is -1.56. The Balaban J connectivity index is 2.29. The molecule has 2 rings (SSSR count). The molecule has 1 amide bonds. The van der Waals surface area contributed by atoms with Gasteiger partial charge >= 0.3 is 6.18 Å². The third kappa shape index (κ3) is 2.89. The number of hydrogen-bond donors (Lipinski definition) is 2. The van der Waals surface area contributed by atoms with Gasteiger partial charge in [-0.25, -0.2) is 0 Å². The zero-order valence-electron chi connectivity index (χ0n) is 10.5. The Bertz CT molecular complexity index is 481. The molecular weight excluding hydrogens is 257 g/mol. The highest BCUT2D eigenvalue weighted by atomic mass is 19.4. The molecule has 2 N–H and O–H groups in total. The molecule has 1 aliphatic rings. The van der Waals surface area contributed by atoms with Gasteiger partial charge in [0.25, 0.3) is 0 Å². The topological polar surface area (TPSA) is 41.1 Å². The molecule has 0 aromatic heterocycles. The molecular formula is C13H15F3N2O. The lowest BCUT2D eigenvalue weighted by molar-refractivity contribution is -0.139. The van der Waals surface area contributed by atoms with Gasteiger partial charge < -0.3 is 10.6 Å². The normalized spacial score (nSPS) is 17.1. The van der Waals surface area contributed by atoms with Gasteiger partial charge in [0.2, 0.25) is 5.91 Å². The maximum Gasteiger partial charge on any atom is 0.416 e. The molecule has 1 aliphatic carbocycles. The SMILES string of the molecule is CNCC(=O)NC1(c2ccccc2C(F)(F)F)CC1. The minimum absolute atomic E-state index is 0.0932. The van der Waals surface area contributed by atoms with Gasteiger partial charge in [-0.1, -0.05) is 18.2 Å². The fraction of sp³-hybridized carbons (Fsp3) is 0.462. The summed E-state index contributed by atoms with van der Waals surface area (Å²) in [6.45, 7) is 0.0932. The molecule has 1 fully saturated rings. The summed E-state index contributed by atoms with van der Waals surface area (Å²) < 4.78 is 38.9. The van der Waals surface area contributed by atoms with Crippen LogP contribution in [0.5, 0.6) is 0 Å². The Kier molecular flexibility index (Phi) is 3.54. The fourth-order valence-corrected chi connectivity index (χ4v) is 2.21. The van der Waals surface area contributed by atoms with Crippen molar-refractivity contribution in [2.75, 3.05) is 13.6 Å². The third-order valence-corrected chi connectivity index (χ3v) is 3.21. The fourth-order valence-electron chi connectivity index (χ4n) is 2.21. The van der Waals surface area contributed by atoms with Gasteiger partial charge in [0.1, 0.15) is 0 Å². The highest BCUT2D eigenvalue weighted by Gasteiger charge is 2.50. The predicted octanol–water partition coefficient (Wildman–Crippen LogP) is 2.03. The first kappa shape index (κ1) is 13.9. The van der Waals surface area contributed by atoms with Gasteiger partial charge in [-0.2, -0.15) is 13.2 Å². The van der Waals surface area contributed by atoms with E-state index >= 15 is 0 Å². The standard InChI is InChI=1S/C13H15F3N2O/c1-17-8-11(19)18-12(6-7-12)9-4-2-3-5-10(9)13(14,15)16/h2-5,17H,6-8H2,1H3,(H,18,19). The summed E-state index contributed by atoms with van der Waals surface area (Å²) in [5, 5.41) is 5.38. The summed E-state index contributed by atoms with van der Waals surface area (Å²) in [5.74, 6) is -0.294. The summed E-state index contributed by atoms with van der Waals surface area (Å²) in [5.41, 5.74) is -1.36. The number of carbonyl (C=O) groups is 1. The Morgan fingerprint density at radius 2 is 1.95 bits per heavy atom. The van der Waals surface area contributed by atoms with Crippen molar-refractivity contribution >= 4 is 5.91 Å². The van der Waals surface area contributed by atoms with Crippen LogP contribution in [-0.2, 0) is 16.5 Å². The quantitative estimate of drug-likeness (QED) is 0.880. The van der Waals surface area contributed by atoms with E-state index in [0.29, 0.717) is 12.8 Å². The maximum absolute atomic E-state index is 13.0. The summed E-state index contributed by atoms with van der Waals surface area (Å²) in [7, 11) is 1.61. The zero-order valence-corrected chi connectivity index (χ0v) is 10.5. The van der Waals surface area contributed by atoms with Crippen molar-refractivity contribution in [1.82, 2.24) is 10.6 Å². The summed E-state index contributed by atoms with van der Waals surface area (Å²) >= 11 is 0. The molecule has 19 heavy (non-hydrogen) atoms. The number of carbonyl (C=O) groups excluding carboxylic acids is 1. The van der Waals surface area contributed by atoms with Crippen molar-refractivity contribution < 1.29 is 18.0 Å². The van der Waals surface area contributed by atoms with Crippen LogP contribution in [0.25, 0.3) is 0 Å². The Labute approximate surface area is 109 Å². The van der Waals surface area contributed by atoms with Crippen LogP contribution in [0.4, 0.5) is 13.2 Å². The van der Waals surface area contributed by atoms with Crippen molar-refractivity contribution in [3.8, 4) is 0 Å². The second-order valence-electron chi connectivity index (χ2n) is 4.70. The third-order valence-electron chi connectivity index (χ3n) is 3.21. The largest absolute Gasteiger partial charge is 0.416 e. The van der Waals surface area contributed by atoms with Crippen LogP contribution in [0.3, 0.4) is 0 Å². The predicted molar refractivity (Wildman–Crippen MR) is 64.4 cm³/mol. The number of benzene rings is 1. The highest BCUT2D eigenvalue weighted by Crippen LogP contribution is 2.49. The second-order valence-corrected chi connectivity index (χ2v) is 4.70. The lowest BCUT2D eigenvalue weighted by Crippen LogP contribution is -2.40. The lowest BCUT2D eigenvalue weighted by Gasteiger charge is -2.22. The van der Waals surface area contributed by atoms with E-state index in [-0.39, 0.29) is 18.0 Å². The minimum atomic E-state index is -4.40. The molecule has 0 spiro atoms. The smallest absolute Gasteiger partial charge is 0.345 e. The molecule has 0 radical (unpaired) electrons. The van der Waals surface area contributed by atoms with Crippen molar-refractivity contribution in [2.24, 2.45) is 0 Å². The van der Waals surface area contributed by atoms with E-state index < -0.39 is 17.3 Å². The van der Waals surface area contributed by atoms with E-state index in [1.165, 1.54) is 12.1 Å². The molecule has 6 heteroatoms. The lowest BCUT2D eigenvalue weighted by atomic mass is 9.97. The minimum Gasteiger partial charge on any atom is -0.345 e. The van der Waals surface area contributed by atoms with E-state index in [2.05, 4.69) is 10.6 Å². The average Bonchev–Trinajstić information content (AvgIpc) is 3.09. The summed E-state index contributed by atoms with van der Waals surface area (Å²) in [6.07, 6.45) is -3.33. The molecule has 104 valence electrons. The molecule has 0 atom stereocenters. The van der Waals surface area contributed by atoms with E-state index in [1.807, 2.05) is 0 Å². The number of amides is 1. The van der Waals surface area contributed by atoms with Gasteiger partial charge in [0.05, 0.1) is 17.6 Å². The maximum atomic E-state index is 13.0. The molecule has 1 aromatic rings. The van der Waals surface area contributed by atoms with E-state index in [4.69, 9.17) is 0 Å². The average molecular weight is 272 g/mol. The summed E-state index contributed by atoms with van der Waals surface area (Å²) in [4.78, 5) is 11.6.